The molecule has 2 heterocycles. The van der Waals surface area contributed by atoms with Crippen LogP contribution in [0.4, 0.5) is 0 Å². The summed E-state index contributed by atoms with van der Waals surface area (Å²) in [5, 5.41) is 2.50. The van der Waals surface area contributed by atoms with E-state index in [4.69, 9.17) is 4.74 Å². The van der Waals surface area contributed by atoms with Crippen LogP contribution < -0.4 is 4.74 Å². The standard InChI is InChI=1S/C18H15BrN2O/c1-22-14-3-4-15-11(9-21-18(15)8-14)6-12-10-20-17-5-2-13(19)7-16(12)17/h2-5,7-10,20-21H,6H2,1H3. The van der Waals surface area contributed by atoms with E-state index in [1.807, 2.05) is 12.1 Å². The van der Waals surface area contributed by atoms with Crippen molar-refractivity contribution in [1.29, 1.82) is 0 Å². The van der Waals surface area contributed by atoms with Crippen LogP contribution in [0, 0.1) is 0 Å². The first kappa shape index (κ1) is 13.5. The second-order valence-corrected chi connectivity index (χ2v) is 6.32. The van der Waals surface area contributed by atoms with E-state index in [0.717, 1.165) is 22.2 Å². The number of methoxy groups -OCH3 is 1. The minimum atomic E-state index is 0.872. The summed E-state index contributed by atoms with van der Waals surface area (Å²) in [5.74, 6) is 0.872. The van der Waals surface area contributed by atoms with Crippen molar-refractivity contribution in [2.24, 2.45) is 0 Å². The number of aromatic amines is 2. The summed E-state index contributed by atoms with van der Waals surface area (Å²) in [6.07, 6.45) is 5.07. The molecule has 4 heteroatoms. The zero-order valence-electron chi connectivity index (χ0n) is 12.1. The molecule has 0 aliphatic heterocycles. The fourth-order valence-electron chi connectivity index (χ4n) is 2.94. The summed E-state index contributed by atoms with van der Waals surface area (Å²) in [6, 6.07) is 12.5. The van der Waals surface area contributed by atoms with E-state index in [-0.39, 0.29) is 0 Å². The molecule has 0 bridgehead atoms. The minimum Gasteiger partial charge on any atom is -0.497 e. The Bertz CT molecular complexity index is 968. The lowest BCUT2D eigenvalue weighted by Gasteiger charge is -2.02. The number of fused-ring (bicyclic) bond motifs is 2. The molecule has 0 radical (unpaired) electrons. The Hall–Kier alpha value is -2.20. The highest BCUT2D eigenvalue weighted by Gasteiger charge is 2.09. The van der Waals surface area contributed by atoms with Gasteiger partial charge in [0.1, 0.15) is 5.75 Å². The zero-order chi connectivity index (χ0) is 15.1. The molecule has 22 heavy (non-hydrogen) atoms. The fourth-order valence-corrected chi connectivity index (χ4v) is 3.30. The maximum Gasteiger partial charge on any atom is 0.120 e. The first-order valence-corrected chi connectivity index (χ1v) is 7.93. The summed E-state index contributed by atoms with van der Waals surface area (Å²) in [4.78, 5) is 6.68. The van der Waals surface area contributed by atoms with Crippen LogP contribution in [0.3, 0.4) is 0 Å². The third-order valence-electron chi connectivity index (χ3n) is 4.08. The normalized spacial score (nSPS) is 11.4. The van der Waals surface area contributed by atoms with Gasteiger partial charge in [-0.25, -0.2) is 0 Å². The molecule has 2 N–H and O–H groups in total. The molecule has 0 unspecified atom stereocenters. The van der Waals surface area contributed by atoms with E-state index in [1.54, 1.807) is 7.11 Å². The Balaban J connectivity index is 1.77. The van der Waals surface area contributed by atoms with Gasteiger partial charge in [0.15, 0.2) is 0 Å². The van der Waals surface area contributed by atoms with E-state index in [0.29, 0.717) is 0 Å². The van der Waals surface area contributed by atoms with E-state index >= 15 is 0 Å². The van der Waals surface area contributed by atoms with Crippen molar-refractivity contribution < 1.29 is 4.74 Å². The second kappa shape index (κ2) is 5.21. The van der Waals surface area contributed by atoms with Gasteiger partial charge >= 0.3 is 0 Å². The van der Waals surface area contributed by atoms with Crippen LogP contribution in [-0.2, 0) is 6.42 Å². The molecule has 4 rings (SSSR count). The topological polar surface area (TPSA) is 40.8 Å². The third-order valence-corrected chi connectivity index (χ3v) is 4.58. The summed E-state index contributed by atoms with van der Waals surface area (Å²) in [5.41, 5.74) is 4.86. The lowest BCUT2D eigenvalue weighted by molar-refractivity contribution is 0.415. The number of nitrogens with one attached hydrogen (secondary N) is 2. The average molecular weight is 355 g/mol. The van der Waals surface area contributed by atoms with Crippen molar-refractivity contribution in [3.63, 3.8) is 0 Å². The van der Waals surface area contributed by atoms with Gasteiger partial charge in [-0.2, -0.15) is 0 Å². The molecule has 0 saturated heterocycles. The van der Waals surface area contributed by atoms with Crippen molar-refractivity contribution >= 4 is 37.7 Å². The zero-order valence-corrected chi connectivity index (χ0v) is 13.7. The SMILES string of the molecule is COc1ccc2c(Cc3c[nH]c4ccc(Br)cc34)c[nH]c2c1. The van der Waals surface area contributed by atoms with Crippen molar-refractivity contribution in [3.8, 4) is 5.75 Å². The van der Waals surface area contributed by atoms with Gasteiger partial charge in [0.05, 0.1) is 7.11 Å². The molecule has 2 aromatic carbocycles. The highest BCUT2D eigenvalue weighted by molar-refractivity contribution is 9.10. The van der Waals surface area contributed by atoms with Crippen LogP contribution >= 0.6 is 15.9 Å². The Morgan fingerprint density at radius 2 is 1.68 bits per heavy atom. The minimum absolute atomic E-state index is 0.872. The monoisotopic (exact) mass is 354 g/mol. The van der Waals surface area contributed by atoms with Crippen molar-refractivity contribution in [3.05, 3.63) is 64.4 Å². The molecule has 4 aromatic rings. The van der Waals surface area contributed by atoms with Crippen LogP contribution in [0.1, 0.15) is 11.1 Å². The van der Waals surface area contributed by atoms with E-state index < -0.39 is 0 Å². The molecule has 0 spiro atoms. The van der Waals surface area contributed by atoms with Crippen molar-refractivity contribution in [2.45, 2.75) is 6.42 Å². The highest BCUT2D eigenvalue weighted by Crippen LogP contribution is 2.28. The molecule has 0 aliphatic rings. The van der Waals surface area contributed by atoms with Gasteiger partial charge in [-0.15, -0.1) is 0 Å². The quantitative estimate of drug-likeness (QED) is 0.533. The smallest absolute Gasteiger partial charge is 0.120 e. The van der Waals surface area contributed by atoms with Gasteiger partial charge in [0, 0.05) is 51.2 Å². The maximum absolute atomic E-state index is 5.28. The molecule has 0 amide bonds. The van der Waals surface area contributed by atoms with Crippen LogP contribution in [0.25, 0.3) is 21.8 Å². The number of aromatic nitrogens is 2. The van der Waals surface area contributed by atoms with Gasteiger partial charge in [-0.3, -0.25) is 0 Å². The van der Waals surface area contributed by atoms with Gasteiger partial charge in [-0.1, -0.05) is 15.9 Å². The van der Waals surface area contributed by atoms with E-state index in [9.17, 15) is 0 Å². The summed E-state index contributed by atoms with van der Waals surface area (Å²) in [6.45, 7) is 0. The molecule has 0 saturated carbocycles. The first-order chi connectivity index (χ1) is 10.7. The average Bonchev–Trinajstić information content (AvgIpc) is 3.12. The molecule has 0 aliphatic carbocycles. The van der Waals surface area contributed by atoms with Gasteiger partial charge < -0.3 is 14.7 Å². The molecule has 0 atom stereocenters. The Morgan fingerprint density at radius 1 is 0.909 bits per heavy atom. The number of hydrogen-bond acceptors (Lipinski definition) is 1. The van der Waals surface area contributed by atoms with E-state index in [1.165, 1.54) is 27.4 Å². The van der Waals surface area contributed by atoms with Gasteiger partial charge in [0.25, 0.3) is 0 Å². The molecule has 0 fully saturated rings. The van der Waals surface area contributed by atoms with Gasteiger partial charge in [0.2, 0.25) is 0 Å². The number of rotatable bonds is 3. The summed E-state index contributed by atoms with van der Waals surface area (Å²) >= 11 is 3.55. The Labute approximate surface area is 136 Å². The van der Waals surface area contributed by atoms with E-state index in [2.05, 4.69) is 62.6 Å². The Kier molecular flexibility index (Phi) is 3.19. The van der Waals surface area contributed by atoms with Crippen LogP contribution in [0.15, 0.2) is 53.3 Å². The van der Waals surface area contributed by atoms with Crippen LogP contribution in [0.5, 0.6) is 5.75 Å². The lowest BCUT2D eigenvalue weighted by atomic mass is 10.0. The molecular weight excluding hydrogens is 340 g/mol. The number of H-pyrrole nitrogens is 2. The van der Waals surface area contributed by atoms with Crippen LogP contribution in [0.2, 0.25) is 0 Å². The van der Waals surface area contributed by atoms with Crippen LogP contribution in [-0.4, -0.2) is 17.1 Å². The third kappa shape index (κ3) is 2.20. The molecular formula is C18H15BrN2O. The van der Waals surface area contributed by atoms with Crippen molar-refractivity contribution in [2.75, 3.05) is 7.11 Å². The maximum atomic E-state index is 5.28. The molecule has 110 valence electrons. The highest BCUT2D eigenvalue weighted by atomic mass is 79.9. The molecule has 2 aromatic heterocycles. The first-order valence-electron chi connectivity index (χ1n) is 7.14. The Morgan fingerprint density at radius 3 is 2.50 bits per heavy atom. The summed E-state index contributed by atoms with van der Waals surface area (Å²) < 4.78 is 6.38. The number of hydrogen-bond donors (Lipinski definition) is 2. The molecule has 3 nitrogen and oxygen atoms in total. The predicted octanol–water partition coefficient (Wildman–Crippen LogP) is 5.01. The van der Waals surface area contributed by atoms with Gasteiger partial charge in [-0.05, 0) is 41.5 Å². The second-order valence-electron chi connectivity index (χ2n) is 5.41. The van der Waals surface area contributed by atoms with Crippen molar-refractivity contribution in [1.82, 2.24) is 9.97 Å². The largest absolute Gasteiger partial charge is 0.497 e. The predicted molar refractivity (Wildman–Crippen MR) is 93.7 cm³/mol. The fraction of sp³-hybridized carbons (Fsp3) is 0.111. The number of ether oxygens (including phenoxy) is 1. The summed E-state index contributed by atoms with van der Waals surface area (Å²) in [7, 11) is 1.69. The number of benzene rings is 2. The lowest BCUT2D eigenvalue weighted by Crippen LogP contribution is -1.86. The number of halogens is 1.